The molecule has 98 heavy (non-hydrogen) atoms. The maximum atomic E-state index is 14.5. The molecular formula is C73H107BrF4N8O11S. The fourth-order valence-electron chi connectivity index (χ4n) is 9.65. The van der Waals surface area contributed by atoms with Gasteiger partial charge in [-0.05, 0) is 185 Å². The van der Waals surface area contributed by atoms with Crippen LogP contribution in [0, 0.1) is 51.0 Å². The number of aromatic nitrogens is 8. The minimum atomic E-state index is -3.67. The molecule has 4 heterocycles. The molecule has 19 nitrogen and oxygen atoms in total. The molecule has 0 atom stereocenters. The van der Waals surface area contributed by atoms with Gasteiger partial charge in [0.2, 0.25) is 5.88 Å². The van der Waals surface area contributed by atoms with Gasteiger partial charge in [-0.2, -0.15) is 8.42 Å². The van der Waals surface area contributed by atoms with E-state index in [0.29, 0.717) is 85.3 Å². The number of H-pyrrole nitrogens is 4. The molecule has 0 aliphatic rings. The third-order valence-corrected chi connectivity index (χ3v) is 13.8. The lowest BCUT2D eigenvalue weighted by atomic mass is 10.0. The van der Waals surface area contributed by atoms with Crippen LogP contribution in [0.25, 0.3) is 0 Å². The molecule has 0 fully saturated rings. The summed E-state index contributed by atoms with van der Waals surface area (Å²) in [5.41, 5.74) is 7.66. The van der Waals surface area contributed by atoms with Gasteiger partial charge in [0, 0.05) is 118 Å². The Morgan fingerprint density at radius 1 is 0.449 bits per heavy atom. The van der Waals surface area contributed by atoms with Crippen LogP contribution in [-0.2, 0) is 35.8 Å². The van der Waals surface area contributed by atoms with E-state index in [1.54, 1.807) is 49.4 Å². The Labute approximate surface area is 585 Å². The quantitative estimate of drug-likeness (QED) is 0.0256. The SMILES string of the molecule is C.CC(C)Br.CS(=O)(=O)O.Cc1[nH][nH]c(=O)c1Cc1ccc(OC(C)C)cc1F.Cc1c(Cc2ccc(OC(C)C)cc2F)c(=O)[nH]n1C(C)C.Cc1c(Cc2ccc(OC(C)C)cc2F)c(=O)[nH]n1C(C)C.Cc1c(Cc2ccc(OC(C)C)cc2F)c(OC(C)C)nn1C(C)C. The first kappa shape index (κ1) is 86.3. The fraction of sp³-hybridized carbons (Fsp3) is 0.507. The normalized spacial score (nSPS) is 11.2. The summed E-state index contributed by atoms with van der Waals surface area (Å²) in [4.78, 5) is 36.3. The Morgan fingerprint density at radius 2 is 0.724 bits per heavy atom. The predicted octanol–water partition coefficient (Wildman–Crippen LogP) is 16.7. The van der Waals surface area contributed by atoms with Crippen molar-refractivity contribution in [3.05, 3.63) is 194 Å². The molecular weight excluding hydrogens is 1350 g/mol. The summed E-state index contributed by atoms with van der Waals surface area (Å²) in [6.07, 6.45) is 1.98. The number of halogens is 5. The Balaban J connectivity index is 0.000000426. The number of rotatable bonds is 21. The van der Waals surface area contributed by atoms with Gasteiger partial charge in [-0.25, -0.2) is 17.6 Å². The first-order valence-corrected chi connectivity index (χ1v) is 35.2. The van der Waals surface area contributed by atoms with Crippen LogP contribution in [0.15, 0.2) is 87.2 Å². The molecule has 5 N–H and O–H groups in total. The van der Waals surface area contributed by atoms with Crippen LogP contribution in [0.2, 0.25) is 0 Å². The molecule has 0 aliphatic carbocycles. The Morgan fingerprint density at radius 3 is 0.949 bits per heavy atom. The molecule has 0 amide bonds. The monoisotopic (exact) mass is 1460 g/mol. The zero-order valence-corrected chi connectivity index (χ0v) is 63.0. The van der Waals surface area contributed by atoms with Crippen molar-refractivity contribution < 1.29 is 54.2 Å². The van der Waals surface area contributed by atoms with Crippen LogP contribution >= 0.6 is 15.9 Å². The van der Waals surface area contributed by atoms with E-state index in [9.17, 15) is 40.4 Å². The molecule has 0 saturated heterocycles. The predicted molar refractivity (Wildman–Crippen MR) is 388 cm³/mol. The number of nitrogens with one attached hydrogen (secondary N) is 4. The van der Waals surface area contributed by atoms with Gasteiger partial charge in [0.05, 0.1) is 36.8 Å². The van der Waals surface area contributed by atoms with Gasteiger partial charge < -0.3 is 28.8 Å². The Hall–Kier alpha value is -7.77. The molecule has 0 aliphatic heterocycles. The summed E-state index contributed by atoms with van der Waals surface area (Å²) >= 11 is 3.27. The van der Waals surface area contributed by atoms with Gasteiger partial charge in [-0.3, -0.25) is 48.3 Å². The maximum Gasteiger partial charge on any atom is 0.267 e. The van der Waals surface area contributed by atoms with Crippen molar-refractivity contribution in [3.8, 4) is 28.9 Å². The van der Waals surface area contributed by atoms with Gasteiger partial charge in [0.25, 0.3) is 26.8 Å². The van der Waals surface area contributed by atoms with E-state index >= 15 is 0 Å². The third kappa shape index (κ3) is 28.6. The number of aromatic amines is 4. The van der Waals surface area contributed by atoms with E-state index in [4.69, 9.17) is 28.2 Å². The van der Waals surface area contributed by atoms with Crippen LogP contribution < -0.4 is 40.4 Å². The molecule has 0 bridgehead atoms. The standard InChI is InChI=1S/C20H29FN2O2.2C17H23FN2O2.C14H17FN2O2.C3H7Br.CH4O3S.CH4/c1-12(2)23-15(7)18(20(22-23)25-14(5)6)10-16-8-9-17(11-19(16)21)24-13(3)4;2*1-10(2)20-12(5)15(17(21)19-20)8-13-6-7-14(9-16(13)18)22-11(3)4;1-8(2)19-11-5-4-10(13(15)7-11)6-12-9(3)16-17-14(12)18;1-3(2)4;1-5(2,3)4;/h8-9,11-14H,10H2,1-7H3;2*6-7,9-11H,8H2,1-5H3,(H,19,21);4-5,7-8H,6H2,1-3H3,(H2,16,17,18);3H,1-2H3;1H3,(H,2,3,4);1H4. The topological polar surface area (TPSA) is 243 Å². The summed E-state index contributed by atoms with van der Waals surface area (Å²) < 4.78 is 116. The van der Waals surface area contributed by atoms with Crippen LogP contribution in [0.4, 0.5) is 17.6 Å². The highest BCUT2D eigenvalue weighted by atomic mass is 79.9. The Kier molecular flexibility index (Phi) is 35.0. The zero-order valence-electron chi connectivity index (χ0n) is 60.6. The van der Waals surface area contributed by atoms with Gasteiger partial charge in [-0.1, -0.05) is 61.5 Å². The molecule has 0 radical (unpaired) electrons. The average molecular weight is 1460 g/mol. The molecule has 8 aromatic rings. The van der Waals surface area contributed by atoms with Crippen LogP contribution in [-0.4, -0.2) is 94.1 Å². The summed E-state index contributed by atoms with van der Waals surface area (Å²) in [7, 11) is -3.67. The van der Waals surface area contributed by atoms with Crippen molar-refractivity contribution in [1.82, 2.24) is 39.5 Å². The van der Waals surface area contributed by atoms with Crippen molar-refractivity contribution in [1.29, 1.82) is 0 Å². The van der Waals surface area contributed by atoms with Crippen molar-refractivity contribution >= 4 is 26.0 Å². The molecule has 4 aromatic heterocycles. The van der Waals surface area contributed by atoms with Gasteiger partial charge in [0.15, 0.2) is 0 Å². The lowest BCUT2D eigenvalue weighted by molar-refractivity contribution is 0.227. The van der Waals surface area contributed by atoms with Crippen molar-refractivity contribution in [2.75, 3.05) is 6.26 Å². The number of aryl methyl sites for hydroxylation is 1. The second kappa shape index (κ2) is 39.7. The molecule has 8 rings (SSSR count). The average Bonchev–Trinajstić information content (AvgIpc) is 1.67. The summed E-state index contributed by atoms with van der Waals surface area (Å²) in [5, 5.41) is 15.4. The number of hydrogen-bond acceptors (Lipinski definition) is 11. The van der Waals surface area contributed by atoms with Crippen LogP contribution in [0.3, 0.4) is 0 Å². The second-order valence-corrected chi connectivity index (χ2v) is 29.1. The number of benzene rings is 4. The minimum absolute atomic E-state index is 0. The van der Waals surface area contributed by atoms with Crippen LogP contribution in [0.1, 0.15) is 217 Å². The molecule has 0 unspecified atom stereocenters. The molecule has 0 saturated carbocycles. The van der Waals surface area contributed by atoms with Crippen LogP contribution in [0.5, 0.6) is 28.9 Å². The van der Waals surface area contributed by atoms with E-state index in [1.807, 2.05) is 138 Å². The van der Waals surface area contributed by atoms with E-state index in [2.05, 4.69) is 69.1 Å². The van der Waals surface area contributed by atoms with Crippen molar-refractivity contribution in [2.24, 2.45) is 0 Å². The minimum Gasteiger partial charge on any atom is -0.491 e. The molecule has 4 aromatic carbocycles. The first-order valence-electron chi connectivity index (χ1n) is 32.4. The molecule has 546 valence electrons. The van der Waals surface area contributed by atoms with E-state index in [1.165, 1.54) is 24.3 Å². The largest absolute Gasteiger partial charge is 0.491 e. The smallest absolute Gasteiger partial charge is 0.267 e. The number of alkyl halides is 1. The van der Waals surface area contributed by atoms with E-state index < -0.39 is 10.1 Å². The van der Waals surface area contributed by atoms with Crippen molar-refractivity contribution in [2.45, 2.75) is 239 Å². The zero-order chi connectivity index (χ0) is 73.7. The number of nitrogens with zero attached hydrogens (tertiary/aromatic N) is 4. The first-order chi connectivity index (χ1) is 45.0. The number of ether oxygens (including phenoxy) is 5. The van der Waals surface area contributed by atoms with E-state index in [-0.39, 0.29) is 115 Å². The molecule has 0 spiro atoms. The summed E-state index contributed by atoms with van der Waals surface area (Å²) in [6.45, 7) is 42.9. The lowest BCUT2D eigenvalue weighted by Crippen LogP contribution is -2.10. The molecule has 25 heteroatoms. The summed E-state index contributed by atoms with van der Waals surface area (Å²) in [6, 6.07) is 19.9. The summed E-state index contributed by atoms with van der Waals surface area (Å²) in [5.74, 6) is 1.29. The fourth-order valence-corrected chi connectivity index (χ4v) is 9.65. The highest BCUT2D eigenvalue weighted by Gasteiger charge is 2.22. The highest BCUT2D eigenvalue weighted by Crippen LogP contribution is 2.30. The lowest BCUT2D eigenvalue weighted by Gasteiger charge is -2.12. The van der Waals surface area contributed by atoms with Gasteiger partial charge in [-0.15, -0.1) is 5.10 Å². The number of hydrogen-bond donors (Lipinski definition) is 5. The highest BCUT2D eigenvalue weighted by molar-refractivity contribution is 9.09. The maximum absolute atomic E-state index is 14.5. The third-order valence-electron chi connectivity index (χ3n) is 13.8. The van der Waals surface area contributed by atoms with E-state index in [0.717, 1.165) is 28.3 Å². The van der Waals surface area contributed by atoms with Crippen molar-refractivity contribution in [3.63, 3.8) is 0 Å². The second-order valence-electron chi connectivity index (χ2n) is 25.8. The Bertz CT molecular complexity index is 3950. The van der Waals surface area contributed by atoms with Gasteiger partial charge in [0.1, 0.15) is 46.3 Å². The van der Waals surface area contributed by atoms with Gasteiger partial charge >= 0.3 is 0 Å².